The van der Waals surface area contributed by atoms with E-state index in [9.17, 15) is 14.3 Å². The van der Waals surface area contributed by atoms with Gasteiger partial charge in [-0.05, 0) is 24.5 Å². The molecule has 3 nitrogen and oxygen atoms in total. The Morgan fingerprint density at radius 3 is 2.76 bits per heavy atom. The van der Waals surface area contributed by atoms with Crippen molar-refractivity contribution in [2.24, 2.45) is 5.92 Å². The molecule has 0 saturated heterocycles. The second kappa shape index (κ2) is 4.27. The highest BCUT2D eigenvalue weighted by Gasteiger charge is 2.46. The number of hydrogen-bond acceptors (Lipinski definition) is 2. The van der Waals surface area contributed by atoms with Gasteiger partial charge in [0.1, 0.15) is 5.82 Å². The SMILES string of the molecule is O=C(O)C1CC(O)(Cc2cccc(Cl)c2F)C1. The highest BCUT2D eigenvalue weighted by molar-refractivity contribution is 6.30. The van der Waals surface area contributed by atoms with Crippen LogP contribution in [0.5, 0.6) is 0 Å². The summed E-state index contributed by atoms with van der Waals surface area (Å²) in [4.78, 5) is 10.6. The van der Waals surface area contributed by atoms with Gasteiger partial charge in [0.2, 0.25) is 0 Å². The van der Waals surface area contributed by atoms with Crippen molar-refractivity contribution < 1.29 is 19.4 Å². The molecule has 0 radical (unpaired) electrons. The third-order valence-corrected chi connectivity index (χ3v) is 3.44. The second-order valence-corrected chi connectivity index (χ2v) is 4.96. The molecule has 1 aromatic rings. The number of aliphatic carboxylic acids is 1. The van der Waals surface area contributed by atoms with Gasteiger partial charge in [0, 0.05) is 6.42 Å². The molecule has 1 aliphatic carbocycles. The van der Waals surface area contributed by atoms with Gasteiger partial charge >= 0.3 is 5.97 Å². The zero-order valence-electron chi connectivity index (χ0n) is 8.99. The lowest BCUT2D eigenvalue weighted by atomic mass is 9.68. The van der Waals surface area contributed by atoms with E-state index in [1.807, 2.05) is 0 Å². The van der Waals surface area contributed by atoms with Crippen LogP contribution in [0, 0.1) is 11.7 Å². The maximum Gasteiger partial charge on any atom is 0.306 e. The van der Waals surface area contributed by atoms with Crippen LogP contribution in [0.25, 0.3) is 0 Å². The number of hydrogen-bond donors (Lipinski definition) is 2. The lowest BCUT2D eigenvalue weighted by Gasteiger charge is -2.41. The Bertz CT molecular complexity index is 455. The lowest BCUT2D eigenvalue weighted by molar-refractivity contribution is -0.158. The van der Waals surface area contributed by atoms with Gasteiger partial charge in [-0.3, -0.25) is 4.79 Å². The molecule has 0 heterocycles. The van der Waals surface area contributed by atoms with Gasteiger partial charge in [0.15, 0.2) is 0 Å². The molecule has 1 aromatic carbocycles. The Balaban J connectivity index is 2.07. The first kappa shape index (κ1) is 12.3. The maximum atomic E-state index is 13.6. The average molecular weight is 259 g/mol. The quantitative estimate of drug-likeness (QED) is 0.874. The van der Waals surface area contributed by atoms with E-state index in [4.69, 9.17) is 16.7 Å². The monoisotopic (exact) mass is 258 g/mol. The van der Waals surface area contributed by atoms with Crippen molar-refractivity contribution in [3.8, 4) is 0 Å². The normalized spacial score (nSPS) is 27.6. The molecule has 0 amide bonds. The summed E-state index contributed by atoms with van der Waals surface area (Å²) in [6.07, 6.45) is 0.422. The molecule has 1 fully saturated rings. The molecule has 0 aromatic heterocycles. The van der Waals surface area contributed by atoms with Crippen molar-refractivity contribution in [1.82, 2.24) is 0 Å². The van der Waals surface area contributed by atoms with Crippen molar-refractivity contribution in [1.29, 1.82) is 0 Å². The number of carboxylic acids is 1. The number of aliphatic hydroxyl groups is 1. The Hall–Kier alpha value is -1.13. The zero-order chi connectivity index (χ0) is 12.6. The fourth-order valence-corrected chi connectivity index (χ4v) is 2.41. The molecule has 1 aliphatic rings. The first-order valence-corrected chi connectivity index (χ1v) is 5.67. The molecule has 1 saturated carbocycles. The van der Waals surface area contributed by atoms with E-state index in [0.29, 0.717) is 5.56 Å². The van der Waals surface area contributed by atoms with E-state index in [0.717, 1.165) is 0 Å². The van der Waals surface area contributed by atoms with E-state index < -0.39 is 23.3 Å². The Morgan fingerprint density at radius 2 is 2.18 bits per heavy atom. The third kappa shape index (κ3) is 2.42. The standard InChI is InChI=1S/C12H12ClFO3/c13-9-3-1-2-7(10(9)14)4-12(17)5-8(6-12)11(15)16/h1-3,8,17H,4-6H2,(H,15,16). The van der Waals surface area contributed by atoms with Crippen molar-refractivity contribution in [2.45, 2.75) is 24.9 Å². The minimum absolute atomic E-state index is 0.0141. The highest BCUT2D eigenvalue weighted by Crippen LogP contribution is 2.41. The fraction of sp³-hybridized carbons (Fsp3) is 0.417. The topological polar surface area (TPSA) is 57.5 Å². The van der Waals surface area contributed by atoms with Gasteiger partial charge in [0.05, 0.1) is 16.5 Å². The first-order chi connectivity index (χ1) is 7.91. The second-order valence-electron chi connectivity index (χ2n) is 4.56. The van der Waals surface area contributed by atoms with E-state index in [1.165, 1.54) is 6.07 Å². The summed E-state index contributed by atoms with van der Waals surface area (Å²) in [6.45, 7) is 0. The van der Waals surface area contributed by atoms with Crippen LogP contribution in [0.2, 0.25) is 5.02 Å². The fourth-order valence-electron chi connectivity index (χ4n) is 2.22. The third-order valence-electron chi connectivity index (χ3n) is 3.15. The molecule has 2 rings (SSSR count). The van der Waals surface area contributed by atoms with Crippen LogP contribution < -0.4 is 0 Å². The number of halogens is 2. The molecule has 0 aliphatic heterocycles. The Kier molecular flexibility index (Phi) is 3.10. The maximum absolute atomic E-state index is 13.6. The van der Waals surface area contributed by atoms with Gasteiger partial charge in [-0.25, -0.2) is 4.39 Å². The zero-order valence-corrected chi connectivity index (χ0v) is 9.75. The Labute approximate surface area is 103 Å². The predicted octanol–water partition coefficient (Wildman–Crippen LogP) is 2.25. The van der Waals surface area contributed by atoms with Gasteiger partial charge in [-0.15, -0.1) is 0 Å². The minimum atomic E-state index is -1.12. The number of rotatable bonds is 3. The van der Waals surface area contributed by atoms with Crippen LogP contribution in [-0.2, 0) is 11.2 Å². The number of carboxylic acid groups (broad SMARTS) is 1. The molecule has 0 unspecified atom stereocenters. The van der Waals surface area contributed by atoms with E-state index in [1.54, 1.807) is 12.1 Å². The molecule has 0 spiro atoms. The van der Waals surface area contributed by atoms with Gasteiger partial charge in [0.25, 0.3) is 0 Å². The van der Waals surface area contributed by atoms with Crippen LogP contribution in [0.3, 0.4) is 0 Å². The molecule has 5 heteroatoms. The van der Waals surface area contributed by atoms with Crippen LogP contribution >= 0.6 is 11.6 Å². The number of benzene rings is 1. The van der Waals surface area contributed by atoms with Crippen molar-refractivity contribution >= 4 is 17.6 Å². The van der Waals surface area contributed by atoms with Gasteiger partial charge in [-0.2, -0.15) is 0 Å². The molecule has 2 N–H and O–H groups in total. The highest BCUT2D eigenvalue weighted by atomic mass is 35.5. The average Bonchev–Trinajstić information content (AvgIpc) is 2.21. The number of carbonyl (C=O) groups is 1. The molecule has 92 valence electrons. The summed E-state index contributed by atoms with van der Waals surface area (Å²) in [6, 6.07) is 4.59. The van der Waals surface area contributed by atoms with Gasteiger partial charge < -0.3 is 10.2 Å². The van der Waals surface area contributed by atoms with Crippen molar-refractivity contribution in [3.05, 3.63) is 34.6 Å². The van der Waals surface area contributed by atoms with Crippen LogP contribution in [0.1, 0.15) is 18.4 Å². The summed E-state index contributed by atoms with van der Waals surface area (Å²) in [7, 11) is 0. The van der Waals surface area contributed by atoms with E-state index >= 15 is 0 Å². The van der Waals surface area contributed by atoms with Gasteiger partial charge in [-0.1, -0.05) is 23.7 Å². The van der Waals surface area contributed by atoms with Crippen LogP contribution in [-0.4, -0.2) is 21.8 Å². The van der Waals surface area contributed by atoms with E-state index in [-0.39, 0.29) is 24.3 Å². The van der Waals surface area contributed by atoms with Crippen LogP contribution in [0.4, 0.5) is 4.39 Å². The smallest absolute Gasteiger partial charge is 0.306 e. The molecular weight excluding hydrogens is 247 g/mol. The summed E-state index contributed by atoms with van der Waals surface area (Å²) in [5.74, 6) is -1.98. The largest absolute Gasteiger partial charge is 0.481 e. The van der Waals surface area contributed by atoms with E-state index in [2.05, 4.69) is 0 Å². The minimum Gasteiger partial charge on any atom is -0.481 e. The molecule has 0 bridgehead atoms. The van der Waals surface area contributed by atoms with Crippen molar-refractivity contribution in [3.63, 3.8) is 0 Å². The molecule has 0 atom stereocenters. The van der Waals surface area contributed by atoms with Crippen LogP contribution in [0.15, 0.2) is 18.2 Å². The Morgan fingerprint density at radius 1 is 1.53 bits per heavy atom. The first-order valence-electron chi connectivity index (χ1n) is 5.29. The molecular formula is C12H12ClFO3. The molecule has 17 heavy (non-hydrogen) atoms. The predicted molar refractivity (Wildman–Crippen MR) is 60.4 cm³/mol. The summed E-state index contributed by atoms with van der Waals surface area (Å²) < 4.78 is 13.6. The summed E-state index contributed by atoms with van der Waals surface area (Å²) in [5, 5.41) is 18.8. The lowest BCUT2D eigenvalue weighted by Crippen LogP contribution is -2.48. The summed E-state index contributed by atoms with van der Waals surface area (Å²) in [5.41, 5.74) is -0.793. The summed E-state index contributed by atoms with van der Waals surface area (Å²) >= 11 is 5.63. The van der Waals surface area contributed by atoms with Crippen molar-refractivity contribution in [2.75, 3.05) is 0 Å².